The van der Waals surface area contributed by atoms with Gasteiger partial charge < -0.3 is 4.57 Å². The van der Waals surface area contributed by atoms with E-state index in [-0.39, 0.29) is 10.6 Å². The van der Waals surface area contributed by atoms with Crippen LogP contribution in [0.5, 0.6) is 0 Å². The van der Waals surface area contributed by atoms with E-state index in [1.54, 1.807) is 20.9 Å². The molecule has 2 heterocycles. The molecule has 0 bridgehead atoms. The van der Waals surface area contributed by atoms with Crippen LogP contribution in [0.15, 0.2) is 40.7 Å². The number of carbonyl (C=O) groups is 1. The van der Waals surface area contributed by atoms with Gasteiger partial charge in [-0.2, -0.15) is 4.31 Å². The summed E-state index contributed by atoms with van der Waals surface area (Å²) < 4.78 is 28.3. The second kappa shape index (κ2) is 8.71. The molecule has 160 valence electrons. The van der Waals surface area contributed by atoms with Gasteiger partial charge in [0.25, 0.3) is 5.91 Å². The molecule has 0 saturated heterocycles. The number of benzene rings is 1. The van der Waals surface area contributed by atoms with E-state index in [1.165, 1.54) is 38.0 Å². The quantitative estimate of drug-likeness (QED) is 0.593. The van der Waals surface area contributed by atoms with Crippen molar-refractivity contribution < 1.29 is 13.2 Å². The van der Waals surface area contributed by atoms with Gasteiger partial charge in [-0.3, -0.25) is 10.1 Å². The summed E-state index contributed by atoms with van der Waals surface area (Å²) in [7, 11) is -1.98. The van der Waals surface area contributed by atoms with Gasteiger partial charge in [0.2, 0.25) is 10.0 Å². The molecule has 0 saturated carbocycles. The first kappa shape index (κ1) is 22.2. The summed E-state index contributed by atoms with van der Waals surface area (Å²) in [4.78, 5) is 17.4. The van der Waals surface area contributed by atoms with E-state index in [0.29, 0.717) is 18.2 Å². The lowest BCUT2D eigenvalue weighted by Gasteiger charge is -2.17. The Kier molecular flexibility index (Phi) is 6.44. The highest BCUT2D eigenvalue weighted by Gasteiger charge is 2.25. The number of hydrogen-bond donors (Lipinski definition) is 1. The van der Waals surface area contributed by atoms with Crippen LogP contribution in [0.2, 0.25) is 0 Å². The molecule has 0 unspecified atom stereocenters. The molecule has 30 heavy (non-hydrogen) atoms. The zero-order valence-corrected chi connectivity index (χ0v) is 19.4. The van der Waals surface area contributed by atoms with Crippen LogP contribution < -0.4 is 5.32 Å². The van der Waals surface area contributed by atoms with Crippen molar-refractivity contribution in [3.8, 4) is 11.3 Å². The second-order valence-electron chi connectivity index (χ2n) is 7.07. The molecule has 0 spiro atoms. The Morgan fingerprint density at radius 2 is 1.90 bits per heavy atom. The standard InChI is InChI=1S/C21H26N4O3S2/c1-6-25(7-2)30(27,28)16-11-19(24(5)12-16)20(26)23-21-22-18(13-29-21)17-9-8-14(3)10-15(17)4/h8-13H,6-7H2,1-5H3,(H,22,23,26). The topological polar surface area (TPSA) is 84.3 Å². The first-order valence-corrected chi connectivity index (χ1v) is 12.0. The van der Waals surface area contributed by atoms with Crippen LogP contribution in [0.1, 0.15) is 35.5 Å². The Bertz CT molecular complexity index is 1170. The molecule has 0 fully saturated rings. The second-order valence-corrected chi connectivity index (χ2v) is 9.87. The van der Waals surface area contributed by atoms with Crippen molar-refractivity contribution in [3.05, 3.63) is 52.7 Å². The Morgan fingerprint density at radius 1 is 1.20 bits per heavy atom. The van der Waals surface area contributed by atoms with Crippen molar-refractivity contribution in [2.24, 2.45) is 7.05 Å². The molecule has 7 nitrogen and oxygen atoms in total. The Labute approximate surface area is 181 Å². The monoisotopic (exact) mass is 446 g/mol. The van der Waals surface area contributed by atoms with E-state index in [0.717, 1.165) is 16.8 Å². The van der Waals surface area contributed by atoms with Gasteiger partial charge >= 0.3 is 0 Å². The van der Waals surface area contributed by atoms with Gasteiger partial charge in [0, 0.05) is 37.3 Å². The van der Waals surface area contributed by atoms with Crippen molar-refractivity contribution >= 4 is 32.4 Å². The highest BCUT2D eigenvalue weighted by atomic mass is 32.2. The zero-order valence-electron chi connectivity index (χ0n) is 17.8. The number of nitrogens with zero attached hydrogens (tertiary/aromatic N) is 3. The molecule has 1 aromatic carbocycles. The van der Waals surface area contributed by atoms with E-state index in [2.05, 4.69) is 16.4 Å². The average Bonchev–Trinajstić information content (AvgIpc) is 3.29. The molecule has 0 atom stereocenters. The van der Waals surface area contributed by atoms with Gasteiger partial charge in [-0.05, 0) is 25.5 Å². The van der Waals surface area contributed by atoms with E-state index < -0.39 is 15.9 Å². The first-order valence-electron chi connectivity index (χ1n) is 9.68. The summed E-state index contributed by atoms with van der Waals surface area (Å²) in [5.41, 5.74) is 4.36. The van der Waals surface area contributed by atoms with Crippen LogP contribution in [0.4, 0.5) is 5.13 Å². The molecular formula is C21H26N4O3S2. The molecule has 1 amide bonds. The lowest BCUT2D eigenvalue weighted by atomic mass is 10.0. The number of aromatic nitrogens is 2. The fourth-order valence-corrected chi connectivity index (χ4v) is 5.57. The third-order valence-electron chi connectivity index (χ3n) is 4.94. The third kappa shape index (κ3) is 4.33. The van der Waals surface area contributed by atoms with Crippen LogP contribution in [-0.4, -0.2) is 41.3 Å². The van der Waals surface area contributed by atoms with Gasteiger partial charge in [-0.25, -0.2) is 13.4 Å². The van der Waals surface area contributed by atoms with E-state index in [4.69, 9.17) is 0 Å². The molecular weight excluding hydrogens is 420 g/mol. The van der Waals surface area contributed by atoms with Crippen molar-refractivity contribution in [3.63, 3.8) is 0 Å². The van der Waals surface area contributed by atoms with Crippen LogP contribution in [-0.2, 0) is 17.1 Å². The number of thiazole rings is 1. The number of hydrogen-bond acceptors (Lipinski definition) is 5. The van der Waals surface area contributed by atoms with Crippen LogP contribution >= 0.6 is 11.3 Å². The van der Waals surface area contributed by atoms with Crippen LogP contribution in [0.25, 0.3) is 11.3 Å². The summed E-state index contributed by atoms with van der Waals surface area (Å²) in [5, 5.41) is 5.14. The highest BCUT2D eigenvalue weighted by Crippen LogP contribution is 2.28. The molecule has 0 aliphatic rings. The maximum Gasteiger partial charge on any atom is 0.274 e. The van der Waals surface area contributed by atoms with Crippen molar-refractivity contribution in [1.29, 1.82) is 0 Å². The number of nitrogens with one attached hydrogen (secondary N) is 1. The minimum Gasteiger partial charge on any atom is -0.345 e. The van der Waals surface area contributed by atoms with Gasteiger partial charge in [0.1, 0.15) is 10.6 Å². The normalized spacial score (nSPS) is 11.8. The lowest BCUT2D eigenvalue weighted by Crippen LogP contribution is -2.30. The number of rotatable bonds is 7. The van der Waals surface area contributed by atoms with Gasteiger partial charge in [0.05, 0.1) is 5.69 Å². The predicted molar refractivity (Wildman–Crippen MR) is 120 cm³/mol. The number of amides is 1. The number of carbonyl (C=O) groups excluding carboxylic acids is 1. The molecule has 2 aromatic heterocycles. The van der Waals surface area contributed by atoms with E-state index >= 15 is 0 Å². The molecule has 0 aliphatic carbocycles. The number of aryl methyl sites for hydroxylation is 3. The number of anilines is 1. The minimum absolute atomic E-state index is 0.106. The maximum atomic E-state index is 12.8. The van der Waals surface area contributed by atoms with Crippen LogP contribution in [0, 0.1) is 13.8 Å². The molecule has 1 N–H and O–H groups in total. The number of sulfonamides is 1. The molecule has 0 aliphatic heterocycles. The minimum atomic E-state index is -3.63. The summed E-state index contributed by atoms with van der Waals surface area (Å²) in [6, 6.07) is 7.55. The zero-order chi connectivity index (χ0) is 22.1. The van der Waals surface area contributed by atoms with E-state index in [1.807, 2.05) is 31.4 Å². The predicted octanol–water partition coefficient (Wildman–Crippen LogP) is 4.05. The largest absolute Gasteiger partial charge is 0.345 e. The first-order chi connectivity index (χ1) is 14.2. The Morgan fingerprint density at radius 3 is 2.53 bits per heavy atom. The third-order valence-corrected chi connectivity index (χ3v) is 7.71. The Balaban J connectivity index is 1.82. The molecule has 9 heteroatoms. The molecule has 3 aromatic rings. The summed E-state index contributed by atoms with van der Waals surface area (Å²) >= 11 is 1.33. The average molecular weight is 447 g/mol. The van der Waals surface area contributed by atoms with Gasteiger partial charge in [-0.1, -0.05) is 37.6 Å². The van der Waals surface area contributed by atoms with Crippen LogP contribution in [0.3, 0.4) is 0 Å². The highest BCUT2D eigenvalue weighted by molar-refractivity contribution is 7.89. The van der Waals surface area contributed by atoms with Gasteiger partial charge in [-0.15, -0.1) is 11.3 Å². The van der Waals surface area contributed by atoms with Crippen molar-refractivity contribution in [1.82, 2.24) is 13.9 Å². The van der Waals surface area contributed by atoms with Gasteiger partial charge in [0.15, 0.2) is 5.13 Å². The summed E-state index contributed by atoms with van der Waals surface area (Å²) in [5.74, 6) is -0.403. The maximum absolute atomic E-state index is 12.8. The molecule has 3 rings (SSSR count). The Hall–Kier alpha value is -2.49. The molecule has 0 radical (unpaired) electrons. The SMILES string of the molecule is CCN(CC)S(=O)(=O)c1cc(C(=O)Nc2nc(-c3ccc(C)cc3C)cs2)n(C)c1. The smallest absolute Gasteiger partial charge is 0.274 e. The van der Waals surface area contributed by atoms with Crippen molar-refractivity contribution in [2.45, 2.75) is 32.6 Å². The fourth-order valence-electron chi connectivity index (χ4n) is 3.33. The summed E-state index contributed by atoms with van der Waals surface area (Å²) in [6.07, 6.45) is 1.46. The summed E-state index contributed by atoms with van der Waals surface area (Å²) in [6.45, 7) is 8.38. The lowest BCUT2D eigenvalue weighted by molar-refractivity contribution is 0.101. The van der Waals surface area contributed by atoms with E-state index in [9.17, 15) is 13.2 Å². The fraction of sp³-hybridized carbons (Fsp3) is 0.333. The van der Waals surface area contributed by atoms with Crippen molar-refractivity contribution in [2.75, 3.05) is 18.4 Å².